The Morgan fingerprint density at radius 2 is 1.87 bits per heavy atom. The molecule has 0 radical (unpaired) electrons. The number of rotatable bonds is 8. The maximum absolute atomic E-state index is 12.3. The van der Waals surface area contributed by atoms with Gasteiger partial charge in [0.05, 0.1) is 22.7 Å². The van der Waals surface area contributed by atoms with Crippen LogP contribution >= 0.6 is 15.9 Å². The van der Waals surface area contributed by atoms with Crippen molar-refractivity contribution in [1.82, 2.24) is 19.7 Å². The average molecular weight is 496 g/mol. The third-order valence-corrected chi connectivity index (χ3v) is 5.58. The molecule has 0 spiro atoms. The van der Waals surface area contributed by atoms with Crippen LogP contribution in [0.5, 0.6) is 0 Å². The van der Waals surface area contributed by atoms with E-state index in [2.05, 4.69) is 41.0 Å². The standard InChI is InChI=1S/C16H14BrN7O5S/c17-13-10-23(21-15(13)24(26)27)9-6-14(25)20-11-2-4-12(5-3-11)30(28,29)22-16-18-7-1-8-19-16/h1-5,7-8,10H,6,9H2,(H,20,25)(H,18,19,22). The topological polar surface area (TPSA) is 162 Å². The lowest BCUT2D eigenvalue weighted by atomic mass is 10.3. The number of carbonyl (C=O) groups is 1. The van der Waals surface area contributed by atoms with E-state index in [1.54, 1.807) is 6.07 Å². The summed E-state index contributed by atoms with van der Waals surface area (Å²) < 4.78 is 28.4. The molecule has 0 saturated carbocycles. The molecule has 0 aliphatic rings. The van der Waals surface area contributed by atoms with Crippen molar-refractivity contribution in [2.24, 2.45) is 0 Å². The number of nitrogens with zero attached hydrogens (tertiary/aromatic N) is 5. The van der Waals surface area contributed by atoms with Crippen molar-refractivity contribution in [2.75, 3.05) is 10.0 Å². The number of nitro groups is 1. The SMILES string of the molecule is O=C(CCn1cc(Br)c([N+](=O)[O-])n1)Nc1ccc(S(=O)(=O)Nc2ncccn2)cc1. The number of hydrogen-bond donors (Lipinski definition) is 2. The van der Waals surface area contributed by atoms with E-state index < -0.39 is 14.9 Å². The van der Waals surface area contributed by atoms with E-state index in [1.165, 1.54) is 47.5 Å². The lowest BCUT2D eigenvalue weighted by molar-refractivity contribution is -0.390. The van der Waals surface area contributed by atoms with Crippen molar-refractivity contribution in [3.63, 3.8) is 0 Å². The molecule has 1 amide bonds. The van der Waals surface area contributed by atoms with E-state index in [4.69, 9.17) is 0 Å². The zero-order chi connectivity index (χ0) is 21.7. The molecule has 2 heterocycles. The molecule has 0 fully saturated rings. The van der Waals surface area contributed by atoms with Crippen LogP contribution < -0.4 is 10.0 Å². The van der Waals surface area contributed by atoms with E-state index in [1.807, 2.05) is 0 Å². The second-order valence-electron chi connectivity index (χ2n) is 5.82. The Morgan fingerprint density at radius 1 is 1.20 bits per heavy atom. The van der Waals surface area contributed by atoms with Gasteiger partial charge in [-0.3, -0.25) is 4.79 Å². The molecule has 0 saturated heterocycles. The van der Waals surface area contributed by atoms with Crippen LogP contribution in [0.2, 0.25) is 0 Å². The minimum absolute atomic E-state index is 0.0121. The zero-order valence-electron chi connectivity index (χ0n) is 15.1. The fourth-order valence-electron chi connectivity index (χ4n) is 2.31. The zero-order valence-corrected chi connectivity index (χ0v) is 17.5. The van der Waals surface area contributed by atoms with E-state index in [9.17, 15) is 23.3 Å². The van der Waals surface area contributed by atoms with Crippen LogP contribution in [-0.2, 0) is 21.4 Å². The van der Waals surface area contributed by atoms with Crippen molar-refractivity contribution in [1.29, 1.82) is 0 Å². The molecule has 3 aromatic rings. The first-order chi connectivity index (χ1) is 14.2. The predicted molar refractivity (Wildman–Crippen MR) is 109 cm³/mol. The Morgan fingerprint density at radius 3 is 2.47 bits per heavy atom. The molecule has 0 bridgehead atoms. The highest BCUT2D eigenvalue weighted by Gasteiger charge is 2.19. The van der Waals surface area contributed by atoms with E-state index >= 15 is 0 Å². The van der Waals surface area contributed by atoms with Gasteiger partial charge in [-0.15, -0.1) is 0 Å². The largest absolute Gasteiger partial charge is 0.404 e. The van der Waals surface area contributed by atoms with Gasteiger partial charge in [0.25, 0.3) is 10.0 Å². The number of anilines is 2. The molecule has 30 heavy (non-hydrogen) atoms. The van der Waals surface area contributed by atoms with Gasteiger partial charge >= 0.3 is 5.82 Å². The molecule has 2 aromatic heterocycles. The average Bonchev–Trinajstić information content (AvgIpc) is 3.08. The highest BCUT2D eigenvalue weighted by molar-refractivity contribution is 9.10. The summed E-state index contributed by atoms with van der Waals surface area (Å²) in [7, 11) is -3.87. The summed E-state index contributed by atoms with van der Waals surface area (Å²) in [4.78, 5) is 29.8. The fourth-order valence-corrected chi connectivity index (χ4v) is 3.73. The van der Waals surface area contributed by atoms with Crippen LogP contribution in [0, 0.1) is 10.1 Å². The van der Waals surface area contributed by atoms with Crippen LogP contribution in [0.4, 0.5) is 17.5 Å². The molecule has 0 unspecified atom stereocenters. The predicted octanol–water partition coefficient (Wildman–Crippen LogP) is 2.17. The molecular formula is C16H14BrN7O5S. The summed E-state index contributed by atoms with van der Waals surface area (Å²) in [6, 6.07) is 7.09. The Kier molecular flexibility index (Phi) is 6.37. The maximum Gasteiger partial charge on any atom is 0.404 e. The molecule has 3 rings (SSSR count). The van der Waals surface area contributed by atoms with Crippen LogP contribution in [-0.4, -0.2) is 39.0 Å². The van der Waals surface area contributed by atoms with Crippen LogP contribution in [0.3, 0.4) is 0 Å². The van der Waals surface area contributed by atoms with Crippen LogP contribution in [0.25, 0.3) is 0 Å². The number of benzene rings is 1. The minimum atomic E-state index is -3.87. The number of carbonyl (C=O) groups excluding carboxylic acids is 1. The number of hydrogen-bond acceptors (Lipinski definition) is 8. The van der Waals surface area contributed by atoms with E-state index in [-0.39, 0.29) is 40.0 Å². The number of sulfonamides is 1. The van der Waals surface area contributed by atoms with Gasteiger partial charge in [0.15, 0.2) is 0 Å². The van der Waals surface area contributed by atoms with Gasteiger partial charge in [0.2, 0.25) is 11.9 Å². The maximum atomic E-state index is 12.3. The monoisotopic (exact) mass is 495 g/mol. The highest BCUT2D eigenvalue weighted by Crippen LogP contribution is 2.22. The summed E-state index contributed by atoms with van der Waals surface area (Å²) in [5, 5.41) is 17.2. The first-order valence-corrected chi connectivity index (χ1v) is 10.6. The molecule has 0 atom stereocenters. The van der Waals surface area contributed by atoms with E-state index in [0.717, 1.165) is 0 Å². The van der Waals surface area contributed by atoms with Gasteiger partial charge in [-0.25, -0.2) is 23.1 Å². The molecule has 0 aliphatic heterocycles. The first-order valence-electron chi connectivity index (χ1n) is 8.32. The van der Waals surface area contributed by atoms with Crippen LogP contribution in [0.1, 0.15) is 6.42 Å². The molecule has 156 valence electrons. The number of amides is 1. The Bertz CT molecular complexity index is 1170. The van der Waals surface area contributed by atoms with Crippen molar-refractivity contribution in [3.05, 3.63) is 63.5 Å². The first kappa shape index (κ1) is 21.3. The van der Waals surface area contributed by atoms with Gasteiger partial charge in [-0.2, -0.15) is 4.68 Å². The third-order valence-electron chi connectivity index (χ3n) is 3.68. The van der Waals surface area contributed by atoms with Gasteiger partial charge in [0, 0.05) is 24.5 Å². The number of nitrogens with one attached hydrogen (secondary N) is 2. The van der Waals surface area contributed by atoms with Crippen LogP contribution in [0.15, 0.2) is 58.3 Å². The fraction of sp³-hybridized carbons (Fsp3) is 0.125. The Hall–Kier alpha value is -3.39. The summed E-state index contributed by atoms with van der Waals surface area (Å²) in [5.41, 5.74) is 0.391. The summed E-state index contributed by atoms with van der Waals surface area (Å²) >= 11 is 3.03. The summed E-state index contributed by atoms with van der Waals surface area (Å²) in [6.07, 6.45) is 4.24. The van der Waals surface area contributed by atoms with Gasteiger partial charge < -0.3 is 15.4 Å². The summed E-state index contributed by atoms with van der Waals surface area (Å²) in [5.74, 6) is -0.752. The smallest absolute Gasteiger partial charge is 0.358 e. The van der Waals surface area contributed by atoms with Crippen molar-refractivity contribution < 1.29 is 18.1 Å². The minimum Gasteiger partial charge on any atom is -0.358 e. The van der Waals surface area contributed by atoms with Crippen molar-refractivity contribution >= 4 is 49.3 Å². The lowest BCUT2D eigenvalue weighted by Crippen LogP contribution is -2.16. The van der Waals surface area contributed by atoms with Crippen molar-refractivity contribution in [3.8, 4) is 0 Å². The second-order valence-corrected chi connectivity index (χ2v) is 8.36. The van der Waals surface area contributed by atoms with Crippen molar-refractivity contribution in [2.45, 2.75) is 17.9 Å². The van der Waals surface area contributed by atoms with Gasteiger partial charge in [-0.05, 0) is 51.2 Å². The third kappa shape index (κ3) is 5.36. The molecule has 0 aliphatic carbocycles. The number of halogens is 1. The molecular weight excluding hydrogens is 482 g/mol. The molecule has 2 N–H and O–H groups in total. The molecule has 1 aromatic carbocycles. The Balaban J connectivity index is 1.58. The van der Waals surface area contributed by atoms with Gasteiger partial charge in [0.1, 0.15) is 4.47 Å². The molecule has 12 nitrogen and oxygen atoms in total. The molecule has 14 heteroatoms. The lowest BCUT2D eigenvalue weighted by Gasteiger charge is -2.08. The number of aryl methyl sites for hydroxylation is 1. The second kappa shape index (κ2) is 8.96. The van der Waals surface area contributed by atoms with E-state index in [0.29, 0.717) is 5.69 Å². The highest BCUT2D eigenvalue weighted by atomic mass is 79.9. The number of aromatic nitrogens is 4. The van der Waals surface area contributed by atoms with Gasteiger partial charge in [-0.1, -0.05) is 0 Å². The normalized spacial score (nSPS) is 11.1. The quantitative estimate of drug-likeness (QED) is 0.354. The Labute approximate surface area is 178 Å². The summed E-state index contributed by atoms with van der Waals surface area (Å²) in [6.45, 7) is 0.131.